The van der Waals surface area contributed by atoms with Crippen LogP contribution in [0.15, 0.2) is 0 Å². The molecule has 0 radical (unpaired) electrons. The molecule has 1 saturated heterocycles. The van der Waals surface area contributed by atoms with Crippen LogP contribution in [0, 0.1) is 11.8 Å². The van der Waals surface area contributed by atoms with Crippen LogP contribution < -0.4 is 5.32 Å². The van der Waals surface area contributed by atoms with Crippen LogP contribution in [-0.2, 0) is 4.79 Å². The van der Waals surface area contributed by atoms with Gasteiger partial charge in [-0.25, -0.2) is 0 Å². The molecule has 0 aromatic carbocycles. The molecule has 2 heteroatoms. The number of hydrogen-bond acceptors (Lipinski definition) is 2. The first-order chi connectivity index (χ1) is 4.63. The molecule has 0 saturated carbocycles. The lowest BCUT2D eigenvalue weighted by Crippen LogP contribution is -2.58. The maximum Gasteiger partial charge on any atom is 0.147 e. The molecular weight excluding hydrogens is 126 g/mol. The first-order valence-electron chi connectivity index (χ1n) is 3.86. The van der Waals surface area contributed by atoms with Gasteiger partial charge in [0.2, 0.25) is 0 Å². The zero-order chi connectivity index (χ0) is 7.72. The monoisotopic (exact) mass is 141 g/mol. The summed E-state index contributed by atoms with van der Waals surface area (Å²) in [5.41, 5.74) is 0. The summed E-state index contributed by atoms with van der Waals surface area (Å²) in [4.78, 5) is 10.9. The lowest BCUT2D eigenvalue weighted by Gasteiger charge is -2.39. The Hall–Kier alpha value is -0.370. The van der Waals surface area contributed by atoms with Crippen molar-refractivity contribution in [3.63, 3.8) is 0 Å². The second kappa shape index (κ2) is 2.70. The van der Waals surface area contributed by atoms with Crippen LogP contribution in [-0.4, -0.2) is 18.4 Å². The lowest BCUT2D eigenvalue weighted by molar-refractivity contribution is -0.123. The Morgan fingerprint density at radius 3 is 2.30 bits per heavy atom. The Morgan fingerprint density at radius 1 is 1.60 bits per heavy atom. The molecule has 1 fully saturated rings. The standard InChI is InChI=1S/C8H15NO/c1-5(2)7-4-9-8(7)6(3)10/h5,7-9H,4H2,1-3H3/t7?,8-/m1/s1. The van der Waals surface area contributed by atoms with Gasteiger partial charge in [0.05, 0.1) is 6.04 Å². The molecule has 58 valence electrons. The number of nitrogens with one attached hydrogen (secondary N) is 1. The second-order valence-electron chi connectivity index (χ2n) is 3.40. The van der Waals surface area contributed by atoms with E-state index in [1.54, 1.807) is 6.92 Å². The van der Waals surface area contributed by atoms with Crippen molar-refractivity contribution in [2.75, 3.05) is 6.54 Å². The van der Waals surface area contributed by atoms with E-state index < -0.39 is 0 Å². The van der Waals surface area contributed by atoms with E-state index in [-0.39, 0.29) is 11.8 Å². The minimum Gasteiger partial charge on any atom is -0.307 e. The number of rotatable bonds is 2. The third-order valence-electron chi connectivity index (χ3n) is 2.30. The fourth-order valence-electron chi connectivity index (χ4n) is 1.44. The molecule has 1 rings (SSSR count). The molecule has 0 aromatic heterocycles. The first-order valence-corrected chi connectivity index (χ1v) is 3.86. The molecular formula is C8H15NO. The quantitative estimate of drug-likeness (QED) is 0.617. The molecule has 0 spiro atoms. The minimum atomic E-state index is 0.153. The van der Waals surface area contributed by atoms with Gasteiger partial charge in [-0.15, -0.1) is 0 Å². The Kier molecular flexibility index (Phi) is 2.09. The molecule has 1 heterocycles. The van der Waals surface area contributed by atoms with Crippen molar-refractivity contribution in [1.29, 1.82) is 0 Å². The van der Waals surface area contributed by atoms with Gasteiger partial charge in [-0.05, 0) is 18.8 Å². The maximum absolute atomic E-state index is 10.9. The molecule has 2 atom stereocenters. The van der Waals surface area contributed by atoms with Gasteiger partial charge in [-0.1, -0.05) is 13.8 Å². The van der Waals surface area contributed by atoms with E-state index in [0.29, 0.717) is 11.8 Å². The predicted molar refractivity (Wildman–Crippen MR) is 40.8 cm³/mol. The van der Waals surface area contributed by atoms with Gasteiger partial charge in [0.1, 0.15) is 5.78 Å². The van der Waals surface area contributed by atoms with Gasteiger partial charge in [0, 0.05) is 6.54 Å². The molecule has 0 aliphatic carbocycles. The largest absolute Gasteiger partial charge is 0.307 e. The van der Waals surface area contributed by atoms with E-state index in [0.717, 1.165) is 6.54 Å². The molecule has 1 unspecified atom stereocenters. The topological polar surface area (TPSA) is 29.1 Å². The van der Waals surface area contributed by atoms with Gasteiger partial charge >= 0.3 is 0 Å². The summed E-state index contributed by atoms with van der Waals surface area (Å²) < 4.78 is 0. The molecule has 2 nitrogen and oxygen atoms in total. The molecule has 1 aliphatic rings. The molecule has 1 aliphatic heterocycles. The third-order valence-corrected chi connectivity index (χ3v) is 2.30. The van der Waals surface area contributed by atoms with Crippen molar-refractivity contribution >= 4 is 5.78 Å². The van der Waals surface area contributed by atoms with Crippen LogP contribution in [0.5, 0.6) is 0 Å². The Balaban J connectivity index is 2.43. The van der Waals surface area contributed by atoms with Gasteiger partial charge in [0.15, 0.2) is 0 Å². The molecule has 0 amide bonds. The van der Waals surface area contributed by atoms with Crippen molar-refractivity contribution in [3.05, 3.63) is 0 Å². The summed E-state index contributed by atoms with van der Waals surface area (Å²) in [7, 11) is 0. The smallest absolute Gasteiger partial charge is 0.147 e. The highest BCUT2D eigenvalue weighted by molar-refractivity contribution is 5.82. The fraction of sp³-hybridized carbons (Fsp3) is 0.875. The van der Waals surface area contributed by atoms with Crippen LogP contribution in [0.1, 0.15) is 20.8 Å². The number of carbonyl (C=O) groups is 1. The Bertz CT molecular complexity index is 142. The zero-order valence-corrected chi connectivity index (χ0v) is 6.85. The van der Waals surface area contributed by atoms with Gasteiger partial charge < -0.3 is 5.32 Å². The normalized spacial score (nSPS) is 32.0. The van der Waals surface area contributed by atoms with E-state index in [1.165, 1.54) is 0 Å². The van der Waals surface area contributed by atoms with Crippen LogP contribution in [0.25, 0.3) is 0 Å². The highest BCUT2D eigenvalue weighted by Crippen LogP contribution is 2.22. The SMILES string of the molecule is CC(=O)[C@H]1NCC1C(C)C. The van der Waals surface area contributed by atoms with Crippen LogP contribution in [0.4, 0.5) is 0 Å². The molecule has 0 bridgehead atoms. The highest BCUT2D eigenvalue weighted by Gasteiger charge is 2.35. The predicted octanol–water partition coefficient (Wildman–Crippen LogP) is 0.819. The van der Waals surface area contributed by atoms with E-state index in [2.05, 4.69) is 19.2 Å². The number of Topliss-reactive ketones (excluding diaryl/α,β-unsaturated/α-hetero) is 1. The number of ketones is 1. The van der Waals surface area contributed by atoms with Gasteiger partial charge in [-0.3, -0.25) is 4.79 Å². The number of carbonyl (C=O) groups excluding carboxylic acids is 1. The molecule has 0 aromatic rings. The van der Waals surface area contributed by atoms with E-state index in [1.807, 2.05) is 0 Å². The van der Waals surface area contributed by atoms with Gasteiger partial charge in [0.25, 0.3) is 0 Å². The maximum atomic E-state index is 10.9. The average molecular weight is 141 g/mol. The van der Waals surface area contributed by atoms with E-state index in [4.69, 9.17) is 0 Å². The van der Waals surface area contributed by atoms with Crippen LogP contribution in [0.3, 0.4) is 0 Å². The Labute approximate surface area is 62.0 Å². The van der Waals surface area contributed by atoms with Crippen molar-refractivity contribution in [2.45, 2.75) is 26.8 Å². The Morgan fingerprint density at radius 2 is 2.20 bits per heavy atom. The second-order valence-corrected chi connectivity index (χ2v) is 3.40. The van der Waals surface area contributed by atoms with E-state index >= 15 is 0 Å². The fourth-order valence-corrected chi connectivity index (χ4v) is 1.44. The third kappa shape index (κ3) is 1.21. The summed E-state index contributed by atoms with van der Waals surface area (Å²) in [5.74, 6) is 1.50. The zero-order valence-electron chi connectivity index (χ0n) is 6.85. The molecule has 1 N–H and O–H groups in total. The van der Waals surface area contributed by atoms with Crippen LogP contribution in [0.2, 0.25) is 0 Å². The summed E-state index contributed by atoms with van der Waals surface area (Å²) in [5, 5.41) is 3.13. The summed E-state index contributed by atoms with van der Waals surface area (Å²) in [6, 6.07) is 0.153. The lowest BCUT2D eigenvalue weighted by atomic mass is 9.80. The highest BCUT2D eigenvalue weighted by atomic mass is 16.1. The average Bonchev–Trinajstić information content (AvgIpc) is 1.56. The van der Waals surface area contributed by atoms with Crippen molar-refractivity contribution in [2.24, 2.45) is 11.8 Å². The number of hydrogen-bond donors (Lipinski definition) is 1. The summed E-state index contributed by atoms with van der Waals surface area (Å²) >= 11 is 0. The van der Waals surface area contributed by atoms with Crippen molar-refractivity contribution < 1.29 is 4.79 Å². The summed E-state index contributed by atoms with van der Waals surface area (Å²) in [6.07, 6.45) is 0. The molecule has 10 heavy (non-hydrogen) atoms. The van der Waals surface area contributed by atoms with Gasteiger partial charge in [-0.2, -0.15) is 0 Å². The van der Waals surface area contributed by atoms with Crippen LogP contribution >= 0.6 is 0 Å². The van der Waals surface area contributed by atoms with Crippen molar-refractivity contribution in [3.8, 4) is 0 Å². The summed E-state index contributed by atoms with van der Waals surface area (Å²) in [6.45, 7) is 7.01. The first kappa shape index (κ1) is 7.73. The van der Waals surface area contributed by atoms with E-state index in [9.17, 15) is 4.79 Å². The minimum absolute atomic E-state index is 0.153. The van der Waals surface area contributed by atoms with Crippen molar-refractivity contribution in [1.82, 2.24) is 5.32 Å².